The predicted molar refractivity (Wildman–Crippen MR) is 123 cm³/mol. The van der Waals surface area contributed by atoms with Crippen LogP contribution in [0.4, 0.5) is 0 Å². The van der Waals surface area contributed by atoms with Gasteiger partial charge in [0, 0.05) is 0 Å². The number of aromatic nitrogens is 2. The molecule has 0 aliphatic carbocycles. The van der Waals surface area contributed by atoms with Gasteiger partial charge in [-0.25, -0.2) is 0 Å². The molecule has 0 saturated heterocycles. The second-order valence-electron chi connectivity index (χ2n) is 7.58. The Hall–Kier alpha value is -2.70. The second kappa shape index (κ2) is 11.1. The Kier molecular flexibility index (Phi) is 8.20. The van der Waals surface area contributed by atoms with Crippen LogP contribution in [0.1, 0.15) is 50.3 Å². The summed E-state index contributed by atoms with van der Waals surface area (Å²) in [6, 6.07) is 15.6. The Balaban J connectivity index is 1.60. The largest absolute Gasteiger partial charge is 0.419 e. The summed E-state index contributed by atoms with van der Waals surface area (Å²) in [7, 11) is 0. The number of hydrogen-bond donors (Lipinski definition) is 1. The third kappa shape index (κ3) is 6.39. The van der Waals surface area contributed by atoms with E-state index in [1.807, 2.05) is 30.0 Å². The van der Waals surface area contributed by atoms with Crippen LogP contribution >= 0.6 is 11.6 Å². The fourth-order valence-corrected chi connectivity index (χ4v) is 3.61. The molecule has 1 N–H and O–H groups in total. The van der Waals surface area contributed by atoms with Crippen LogP contribution in [0.3, 0.4) is 0 Å². The third-order valence-electron chi connectivity index (χ3n) is 5.10. The summed E-state index contributed by atoms with van der Waals surface area (Å²) in [5, 5.41) is 11.9. The molecule has 0 aliphatic rings. The molecule has 0 radical (unpaired) electrons. The molecule has 0 fully saturated rings. The van der Waals surface area contributed by atoms with Gasteiger partial charge >= 0.3 is 0 Å². The van der Waals surface area contributed by atoms with Gasteiger partial charge < -0.3 is 9.73 Å². The van der Waals surface area contributed by atoms with Crippen LogP contribution in [0.15, 0.2) is 52.9 Å². The molecule has 0 saturated carbocycles. The van der Waals surface area contributed by atoms with E-state index in [2.05, 4.69) is 53.6 Å². The second-order valence-corrected chi connectivity index (χ2v) is 7.98. The van der Waals surface area contributed by atoms with Crippen LogP contribution < -0.4 is 5.32 Å². The molecule has 31 heavy (non-hydrogen) atoms. The summed E-state index contributed by atoms with van der Waals surface area (Å²) in [6.45, 7) is 7.61. The minimum atomic E-state index is -0.0582. The van der Waals surface area contributed by atoms with Crippen molar-refractivity contribution >= 4 is 17.5 Å². The van der Waals surface area contributed by atoms with Crippen LogP contribution in [0.25, 0.3) is 11.5 Å². The van der Waals surface area contributed by atoms with Crippen molar-refractivity contribution in [2.24, 2.45) is 0 Å². The van der Waals surface area contributed by atoms with E-state index in [-0.39, 0.29) is 18.5 Å². The Labute approximate surface area is 188 Å². The third-order valence-corrected chi connectivity index (χ3v) is 5.43. The highest BCUT2D eigenvalue weighted by molar-refractivity contribution is 6.33. The molecule has 1 heterocycles. The summed E-state index contributed by atoms with van der Waals surface area (Å²) in [4.78, 5) is 14.7. The summed E-state index contributed by atoms with van der Waals surface area (Å²) in [5.74, 6) is 0.802. The molecule has 0 spiro atoms. The fourth-order valence-electron chi connectivity index (χ4n) is 3.40. The number of benzene rings is 2. The molecule has 1 atom stereocenters. The zero-order valence-electron chi connectivity index (χ0n) is 18.3. The first-order valence-corrected chi connectivity index (χ1v) is 11.1. The number of amides is 1. The van der Waals surface area contributed by atoms with Crippen molar-refractivity contribution in [3.05, 3.63) is 70.6 Å². The van der Waals surface area contributed by atoms with Gasteiger partial charge in [-0.3, -0.25) is 9.69 Å². The quantitative estimate of drug-likeness (QED) is 0.478. The number of halogens is 1. The van der Waals surface area contributed by atoms with Crippen LogP contribution in [-0.4, -0.2) is 34.1 Å². The van der Waals surface area contributed by atoms with Crippen molar-refractivity contribution in [3.8, 4) is 11.5 Å². The summed E-state index contributed by atoms with van der Waals surface area (Å²) in [5.41, 5.74) is 3.08. The van der Waals surface area contributed by atoms with Gasteiger partial charge in [0.2, 0.25) is 17.7 Å². The lowest BCUT2D eigenvalue weighted by atomic mass is 10.1. The average molecular weight is 441 g/mol. The van der Waals surface area contributed by atoms with Crippen molar-refractivity contribution < 1.29 is 9.21 Å². The Morgan fingerprint density at radius 2 is 1.87 bits per heavy atom. The van der Waals surface area contributed by atoms with E-state index in [4.69, 9.17) is 16.0 Å². The Bertz CT molecular complexity index is 987. The zero-order chi connectivity index (χ0) is 22.2. The summed E-state index contributed by atoms with van der Waals surface area (Å²) < 4.78 is 5.80. The number of nitrogens with one attached hydrogen (secondary N) is 1. The standard InChI is InChI=1S/C24H29ClN4O2/c1-4-14-29(15-22(30)26-17(3)19-12-10-18(5-2)11-13-19)16-23-27-28-24(31-23)20-8-6-7-9-21(20)25/h6-13,17H,4-5,14-16H2,1-3H3,(H,26,30). The van der Waals surface area contributed by atoms with Crippen LogP contribution in [-0.2, 0) is 17.8 Å². The van der Waals surface area contributed by atoms with Crippen molar-refractivity contribution in [2.75, 3.05) is 13.1 Å². The van der Waals surface area contributed by atoms with Gasteiger partial charge in [0.1, 0.15) is 0 Å². The molecule has 164 valence electrons. The Morgan fingerprint density at radius 3 is 2.55 bits per heavy atom. The van der Waals surface area contributed by atoms with E-state index in [1.165, 1.54) is 5.56 Å². The van der Waals surface area contributed by atoms with Crippen molar-refractivity contribution in [1.29, 1.82) is 0 Å². The lowest BCUT2D eigenvalue weighted by Crippen LogP contribution is -2.38. The van der Waals surface area contributed by atoms with Crippen molar-refractivity contribution in [3.63, 3.8) is 0 Å². The van der Waals surface area contributed by atoms with Gasteiger partial charge in [0.25, 0.3) is 0 Å². The van der Waals surface area contributed by atoms with Gasteiger partial charge in [-0.1, -0.05) is 61.8 Å². The van der Waals surface area contributed by atoms with E-state index in [0.29, 0.717) is 28.9 Å². The molecule has 7 heteroatoms. The van der Waals surface area contributed by atoms with Gasteiger partial charge in [0.15, 0.2) is 0 Å². The smallest absolute Gasteiger partial charge is 0.249 e. The minimum absolute atomic E-state index is 0.0358. The first kappa shape index (κ1) is 23.0. The number of aryl methyl sites for hydroxylation is 1. The number of nitrogens with zero attached hydrogens (tertiary/aromatic N) is 3. The topological polar surface area (TPSA) is 71.3 Å². The fraction of sp³-hybridized carbons (Fsp3) is 0.375. The zero-order valence-corrected chi connectivity index (χ0v) is 19.0. The number of rotatable bonds is 10. The maximum absolute atomic E-state index is 12.7. The molecule has 1 amide bonds. The van der Waals surface area contributed by atoms with Gasteiger partial charge in [0.05, 0.1) is 29.7 Å². The Morgan fingerprint density at radius 1 is 1.13 bits per heavy atom. The molecular weight excluding hydrogens is 412 g/mol. The van der Waals surface area contributed by atoms with E-state index >= 15 is 0 Å². The van der Waals surface area contributed by atoms with E-state index in [9.17, 15) is 4.79 Å². The first-order valence-electron chi connectivity index (χ1n) is 10.7. The van der Waals surface area contributed by atoms with Crippen molar-refractivity contribution in [2.45, 2.75) is 46.2 Å². The summed E-state index contributed by atoms with van der Waals surface area (Å²) in [6.07, 6.45) is 1.91. The summed E-state index contributed by atoms with van der Waals surface area (Å²) >= 11 is 6.22. The predicted octanol–water partition coefficient (Wildman–Crippen LogP) is 5.04. The molecule has 1 unspecified atom stereocenters. The van der Waals surface area contributed by atoms with Crippen LogP contribution in [0.5, 0.6) is 0 Å². The molecular formula is C24H29ClN4O2. The minimum Gasteiger partial charge on any atom is -0.419 e. The first-order chi connectivity index (χ1) is 15.0. The maximum atomic E-state index is 12.7. The van der Waals surface area contributed by atoms with E-state index < -0.39 is 0 Å². The van der Waals surface area contributed by atoms with Crippen molar-refractivity contribution in [1.82, 2.24) is 20.4 Å². The molecule has 2 aromatic carbocycles. The number of carbonyl (C=O) groups is 1. The van der Waals surface area contributed by atoms with E-state index in [0.717, 1.165) is 24.9 Å². The monoisotopic (exact) mass is 440 g/mol. The molecule has 1 aromatic heterocycles. The lowest BCUT2D eigenvalue weighted by Gasteiger charge is -2.21. The number of carbonyl (C=O) groups excluding carboxylic acids is 1. The SMILES string of the molecule is CCCN(CC(=O)NC(C)c1ccc(CC)cc1)Cc1nnc(-c2ccccc2Cl)o1. The molecule has 0 aliphatic heterocycles. The molecule has 6 nitrogen and oxygen atoms in total. The number of hydrogen-bond acceptors (Lipinski definition) is 5. The highest BCUT2D eigenvalue weighted by Crippen LogP contribution is 2.26. The highest BCUT2D eigenvalue weighted by Gasteiger charge is 2.18. The normalized spacial score (nSPS) is 12.2. The average Bonchev–Trinajstić information content (AvgIpc) is 3.22. The highest BCUT2D eigenvalue weighted by atomic mass is 35.5. The maximum Gasteiger partial charge on any atom is 0.249 e. The van der Waals surface area contributed by atoms with Gasteiger partial charge in [-0.15, -0.1) is 10.2 Å². The molecule has 0 bridgehead atoms. The lowest BCUT2D eigenvalue weighted by molar-refractivity contribution is -0.123. The van der Waals surface area contributed by atoms with Crippen LogP contribution in [0.2, 0.25) is 5.02 Å². The van der Waals surface area contributed by atoms with E-state index in [1.54, 1.807) is 6.07 Å². The van der Waals surface area contributed by atoms with Crippen LogP contribution in [0, 0.1) is 0 Å². The molecule has 3 rings (SSSR count). The molecule has 3 aromatic rings. The van der Waals surface area contributed by atoms with Gasteiger partial charge in [-0.05, 0) is 49.6 Å². The van der Waals surface area contributed by atoms with Gasteiger partial charge in [-0.2, -0.15) is 0 Å².